The third-order valence-electron chi connectivity index (χ3n) is 3.61. The minimum absolute atomic E-state index is 0.196. The largest absolute Gasteiger partial charge is 0.494 e. The van der Waals surface area contributed by atoms with Gasteiger partial charge in [0.2, 0.25) is 0 Å². The molecule has 0 saturated carbocycles. The van der Waals surface area contributed by atoms with Gasteiger partial charge in [0.25, 0.3) is 0 Å². The number of halogens is 1. The fourth-order valence-electron chi connectivity index (χ4n) is 2.47. The van der Waals surface area contributed by atoms with Crippen LogP contribution < -0.4 is 14.8 Å². The molecule has 4 nitrogen and oxygen atoms in total. The van der Waals surface area contributed by atoms with E-state index in [1.54, 1.807) is 18.3 Å². The van der Waals surface area contributed by atoms with Crippen LogP contribution >= 0.6 is 0 Å². The van der Waals surface area contributed by atoms with E-state index in [0.29, 0.717) is 29.2 Å². The summed E-state index contributed by atoms with van der Waals surface area (Å²) in [4.78, 5) is 4.23. The van der Waals surface area contributed by atoms with Gasteiger partial charge in [0, 0.05) is 30.1 Å². The summed E-state index contributed by atoms with van der Waals surface area (Å²) in [6, 6.07) is 4.79. The molecule has 0 radical (unpaired) electrons. The molecule has 0 spiro atoms. The Morgan fingerprint density at radius 1 is 1.40 bits per heavy atom. The molecule has 0 aliphatic carbocycles. The average Bonchev–Trinajstić information content (AvgIpc) is 2.97. The Bertz CT molecular complexity index is 612. The predicted molar refractivity (Wildman–Crippen MR) is 74.7 cm³/mol. The van der Waals surface area contributed by atoms with E-state index in [0.717, 1.165) is 19.5 Å². The Hall–Kier alpha value is -1.88. The van der Waals surface area contributed by atoms with Crippen molar-refractivity contribution >= 4 is 10.9 Å². The summed E-state index contributed by atoms with van der Waals surface area (Å²) in [7, 11) is 1.44. The number of hydrogen-bond acceptors (Lipinski definition) is 4. The van der Waals surface area contributed by atoms with Crippen molar-refractivity contribution in [3.63, 3.8) is 0 Å². The maximum Gasteiger partial charge on any atom is 0.165 e. The molecule has 106 valence electrons. The number of benzene rings is 1. The van der Waals surface area contributed by atoms with Gasteiger partial charge in [-0.15, -0.1) is 0 Å². The quantitative estimate of drug-likeness (QED) is 0.931. The lowest BCUT2D eigenvalue weighted by Gasteiger charge is -2.13. The normalized spacial score (nSPS) is 18.4. The van der Waals surface area contributed by atoms with Gasteiger partial charge in [-0.2, -0.15) is 0 Å². The van der Waals surface area contributed by atoms with E-state index in [1.165, 1.54) is 13.2 Å². The van der Waals surface area contributed by atoms with Crippen LogP contribution in [0.3, 0.4) is 0 Å². The van der Waals surface area contributed by atoms with Crippen molar-refractivity contribution in [2.75, 3.05) is 26.8 Å². The molecule has 1 aromatic carbocycles. The van der Waals surface area contributed by atoms with Crippen LogP contribution in [0.4, 0.5) is 4.39 Å². The highest BCUT2D eigenvalue weighted by atomic mass is 19.1. The number of ether oxygens (including phenoxy) is 2. The monoisotopic (exact) mass is 276 g/mol. The van der Waals surface area contributed by atoms with E-state index in [1.807, 2.05) is 0 Å². The zero-order chi connectivity index (χ0) is 13.9. The van der Waals surface area contributed by atoms with Crippen LogP contribution in [-0.2, 0) is 0 Å². The summed E-state index contributed by atoms with van der Waals surface area (Å²) in [5, 5.41) is 3.98. The SMILES string of the molecule is COc1cc2nccc(OCC3CCNC3)c2cc1F. The van der Waals surface area contributed by atoms with Crippen molar-refractivity contribution < 1.29 is 13.9 Å². The molecule has 1 unspecified atom stereocenters. The molecule has 0 bridgehead atoms. The summed E-state index contributed by atoms with van der Waals surface area (Å²) < 4.78 is 24.6. The van der Waals surface area contributed by atoms with Crippen molar-refractivity contribution in [3.8, 4) is 11.5 Å². The van der Waals surface area contributed by atoms with Crippen molar-refractivity contribution in [1.82, 2.24) is 10.3 Å². The van der Waals surface area contributed by atoms with Gasteiger partial charge in [-0.3, -0.25) is 4.98 Å². The predicted octanol–water partition coefficient (Wildman–Crippen LogP) is 2.37. The molecular formula is C15H17FN2O2. The summed E-state index contributed by atoms with van der Waals surface area (Å²) in [5.74, 6) is 0.979. The second-order valence-corrected chi connectivity index (χ2v) is 4.98. The second-order valence-electron chi connectivity index (χ2n) is 4.98. The molecule has 2 aromatic rings. The lowest BCUT2D eigenvalue weighted by molar-refractivity contribution is 0.262. The standard InChI is InChI=1S/C15H17FN2O2/c1-19-15-7-13-11(6-12(15)16)14(3-5-18-13)20-9-10-2-4-17-8-10/h3,5-7,10,17H,2,4,8-9H2,1H3. The number of hydrogen-bond donors (Lipinski definition) is 1. The van der Waals surface area contributed by atoms with Crippen LogP contribution in [0.1, 0.15) is 6.42 Å². The zero-order valence-electron chi connectivity index (χ0n) is 11.4. The lowest BCUT2D eigenvalue weighted by atomic mass is 10.1. The Kier molecular flexibility index (Phi) is 3.69. The van der Waals surface area contributed by atoms with Gasteiger partial charge in [-0.1, -0.05) is 0 Å². The summed E-state index contributed by atoms with van der Waals surface area (Å²) >= 11 is 0. The molecule has 1 fully saturated rings. The topological polar surface area (TPSA) is 43.4 Å². The van der Waals surface area contributed by atoms with Crippen LogP contribution in [0.2, 0.25) is 0 Å². The molecular weight excluding hydrogens is 259 g/mol. The Morgan fingerprint density at radius 3 is 3.05 bits per heavy atom. The maximum atomic E-state index is 13.8. The fraction of sp³-hybridized carbons (Fsp3) is 0.400. The molecule has 1 aromatic heterocycles. The van der Waals surface area contributed by atoms with Crippen molar-refractivity contribution in [1.29, 1.82) is 0 Å². The molecule has 0 amide bonds. The number of fused-ring (bicyclic) bond motifs is 1. The van der Waals surface area contributed by atoms with E-state index < -0.39 is 5.82 Å². The number of nitrogens with one attached hydrogen (secondary N) is 1. The first-order valence-corrected chi connectivity index (χ1v) is 6.73. The van der Waals surface area contributed by atoms with Crippen LogP contribution in [0, 0.1) is 11.7 Å². The second kappa shape index (κ2) is 5.63. The van der Waals surface area contributed by atoms with E-state index in [4.69, 9.17) is 9.47 Å². The molecule has 5 heteroatoms. The smallest absolute Gasteiger partial charge is 0.165 e. The first-order chi connectivity index (χ1) is 9.78. The molecule has 1 N–H and O–H groups in total. The third kappa shape index (κ3) is 2.54. The van der Waals surface area contributed by atoms with Gasteiger partial charge in [0.15, 0.2) is 11.6 Å². The highest BCUT2D eigenvalue weighted by molar-refractivity contribution is 5.86. The van der Waals surface area contributed by atoms with E-state index in [-0.39, 0.29) is 5.75 Å². The van der Waals surface area contributed by atoms with Crippen molar-refractivity contribution in [3.05, 3.63) is 30.2 Å². The van der Waals surface area contributed by atoms with Crippen LogP contribution in [0.5, 0.6) is 11.5 Å². The third-order valence-corrected chi connectivity index (χ3v) is 3.61. The van der Waals surface area contributed by atoms with Gasteiger partial charge in [0.1, 0.15) is 5.75 Å². The van der Waals surface area contributed by atoms with Crippen molar-refractivity contribution in [2.24, 2.45) is 5.92 Å². The van der Waals surface area contributed by atoms with Gasteiger partial charge in [-0.25, -0.2) is 4.39 Å². The molecule has 1 saturated heterocycles. The van der Waals surface area contributed by atoms with Crippen LogP contribution in [0.15, 0.2) is 24.4 Å². The first-order valence-electron chi connectivity index (χ1n) is 6.73. The molecule has 1 aliphatic rings. The van der Waals surface area contributed by atoms with Crippen LogP contribution in [-0.4, -0.2) is 31.8 Å². The van der Waals surface area contributed by atoms with E-state index in [9.17, 15) is 4.39 Å². The Balaban J connectivity index is 1.88. The molecule has 1 aliphatic heterocycles. The summed E-state index contributed by atoms with van der Waals surface area (Å²) in [6.07, 6.45) is 2.78. The molecule has 2 heterocycles. The molecule has 20 heavy (non-hydrogen) atoms. The fourth-order valence-corrected chi connectivity index (χ4v) is 2.47. The number of nitrogens with zero attached hydrogens (tertiary/aromatic N) is 1. The first kappa shape index (κ1) is 13.1. The lowest BCUT2D eigenvalue weighted by Crippen LogP contribution is -2.15. The number of methoxy groups -OCH3 is 1. The highest BCUT2D eigenvalue weighted by Crippen LogP contribution is 2.30. The van der Waals surface area contributed by atoms with Gasteiger partial charge < -0.3 is 14.8 Å². The Labute approximate surface area is 116 Å². The minimum Gasteiger partial charge on any atom is -0.494 e. The van der Waals surface area contributed by atoms with E-state index in [2.05, 4.69) is 10.3 Å². The van der Waals surface area contributed by atoms with Gasteiger partial charge in [-0.05, 0) is 25.1 Å². The van der Waals surface area contributed by atoms with E-state index >= 15 is 0 Å². The average molecular weight is 276 g/mol. The van der Waals surface area contributed by atoms with Crippen molar-refractivity contribution in [2.45, 2.75) is 6.42 Å². The Morgan fingerprint density at radius 2 is 2.30 bits per heavy atom. The number of aromatic nitrogens is 1. The maximum absolute atomic E-state index is 13.8. The number of pyridine rings is 1. The van der Waals surface area contributed by atoms with Gasteiger partial charge >= 0.3 is 0 Å². The number of rotatable bonds is 4. The zero-order valence-corrected chi connectivity index (χ0v) is 11.4. The molecule has 3 rings (SSSR count). The summed E-state index contributed by atoms with van der Waals surface area (Å²) in [5.41, 5.74) is 0.672. The minimum atomic E-state index is -0.402. The highest BCUT2D eigenvalue weighted by Gasteiger charge is 2.16. The summed E-state index contributed by atoms with van der Waals surface area (Å²) in [6.45, 7) is 2.65. The molecule has 1 atom stereocenters. The van der Waals surface area contributed by atoms with Crippen LogP contribution in [0.25, 0.3) is 10.9 Å². The van der Waals surface area contributed by atoms with Gasteiger partial charge in [0.05, 0.1) is 19.2 Å².